The van der Waals surface area contributed by atoms with Crippen LogP contribution in [0, 0.1) is 16.0 Å². The van der Waals surface area contributed by atoms with E-state index in [1.54, 1.807) is 24.0 Å². The van der Waals surface area contributed by atoms with Crippen LogP contribution >= 0.6 is 11.8 Å². The second-order valence-electron chi connectivity index (χ2n) is 7.16. The molecule has 3 aromatic rings. The molecule has 0 spiro atoms. The number of hydrogen-bond acceptors (Lipinski definition) is 6. The van der Waals surface area contributed by atoms with Crippen molar-refractivity contribution >= 4 is 34.3 Å². The molecular weight excluding hydrogens is 392 g/mol. The number of hydrogen-bond donors (Lipinski definition) is 2. The molecule has 10 heteroatoms. The number of carbonyl (C=O) groups excluding carboxylic acids is 1. The third kappa shape index (κ3) is 4.76. The summed E-state index contributed by atoms with van der Waals surface area (Å²) in [4.78, 5) is 26.0. The number of benzene rings is 1. The molecule has 2 aromatic heterocycles. The number of non-ortho nitro benzene ring substituents is 1. The smallest absolute Gasteiger partial charge is 0.270 e. The largest absolute Gasteiger partial charge is 0.360 e. The van der Waals surface area contributed by atoms with E-state index < -0.39 is 4.92 Å². The topological polar surface area (TPSA) is 119 Å². The highest BCUT2D eigenvalue weighted by Crippen LogP contribution is 2.23. The van der Waals surface area contributed by atoms with Crippen molar-refractivity contribution < 1.29 is 9.72 Å². The number of fused-ring (bicyclic) bond motifs is 1. The van der Waals surface area contributed by atoms with Gasteiger partial charge < -0.3 is 14.9 Å². The fourth-order valence-electron chi connectivity index (χ4n) is 3.16. The maximum Gasteiger partial charge on any atom is 0.270 e. The Labute approximate surface area is 172 Å². The average Bonchev–Trinajstić information content (AvgIpc) is 3.28. The standard InChI is InChI=1S/C19H24N6O3S/c1-12(2)11-24-17(22-23-19(24)29-3)5-4-8-20-18(26)15-10-21-16-7-6-13(25(27)28)9-14(15)16/h6-7,9-10,12,21H,4-5,8,11H2,1-3H3,(H,20,26). The number of rotatable bonds is 9. The summed E-state index contributed by atoms with van der Waals surface area (Å²) in [6.45, 7) is 5.64. The van der Waals surface area contributed by atoms with Crippen molar-refractivity contribution in [3.8, 4) is 0 Å². The van der Waals surface area contributed by atoms with Crippen LogP contribution < -0.4 is 5.32 Å². The normalized spacial score (nSPS) is 11.3. The van der Waals surface area contributed by atoms with Gasteiger partial charge >= 0.3 is 0 Å². The average molecular weight is 417 g/mol. The molecule has 0 atom stereocenters. The van der Waals surface area contributed by atoms with Crippen LogP contribution in [0.3, 0.4) is 0 Å². The van der Waals surface area contributed by atoms with Gasteiger partial charge in [0.1, 0.15) is 5.82 Å². The molecule has 0 radical (unpaired) electrons. The molecule has 0 fully saturated rings. The number of nitro benzene ring substituents is 1. The van der Waals surface area contributed by atoms with E-state index in [4.69, 9.17) is 0 Å². The number of aromatic amines is 1. The summed E-state index contributed by atoms with van der Waals surface area (Å²) in [5, 5.41) is 23.8. The summed E-state index contributed by atoms with van der Waals surface area (Å²) < 4.78 is 2.13. The lowest BCUT2D eigenvalue weighted by Crippen LogP contribution is -2.25. The molecule has 1 aromatic carbocycles. The van der Waals surface area contributed by atoms with Crippen LogP contribution in [0.25, 0.3) is 10.9 Å². The lowest BCUT2D eigenvalue weighted by atomic mass is 10.1. The molecule has 0 aliphatic carbocycles. The molecule has 0 aliphatic heterocycles. The van der Waals surface area contributed by atoms with E-state index in [1.807, 2.05) is 6.26 Å². The highest BCUT2D eigenvalue weighted by molar-refractivity contribution is 7.98. The third-order valence-corrected chi connectivity index (χ3v) is 5.17. The number of aryl methyl sites for hydroxylation is 1. The first-order valence-corrected chi connectivity index (χ1v) is 10.6. The Morgan fingerprint density at radius 1 is 1.38 bits per heavy atom. The van der Waals surface area contributed by atoms with Crippen LogP contribution in [0.15, 0.2) is 29.6 Å². The van der Waals surface area contributed by atoms with Gasteiger partial charge in [0, 0.05) is 48.7 Å². The molecule has 1 amide bonds. The van der Waals surface area contributed by atoms with E-state index in [1.165, 1.54) is 12.1 Å². The van der Waals surface area contributed by atoms with Gasteiger partial charge in [-0.2, -0.15) is 0 Å². The summed E-state index contributed by atoms with van der Waals surface area (Å²) in [6.07, 6.45) is 4.99. The third-order valence-electron chi connectivity index (χ3n) is 4.51. The van der Waals surface area contributed by atoms with Gasteiger partial charge in [0.2, 0.25) is 0 Å². The zero-order valence-corrected chi connectivity index (χ0v) is 17.5. The molecule has 0 saturated carbocycles. The van der Waals surface area contributed by atoms with Gasteiger partial charge in [-0.3, -0.25) is 14.9 Å². The van der Waals surface area contributed by atoms with Gasteiger partial charge in [0.25, 0.3) is 11.6 Å². The number of H-pyrrole nitrogens is 1. The van der Waals surface area contributed by atoms with Gasteiger partial charge in [0.15, 0.2) is 5.16 Å². The van der Waals surface area contributed by atoms with Crippen molar-refractivity contribution in [3.05, 3.63) is 45.9 Å². The van der Waals surface area contributed by atoms with Crippen LogP contribution in [0.5, 0.6) is 0 Å². The molecule has 0 unspecified atom stereocenters. The van der Waals surface area contributed by atoms with E-state index >= 15 is 0 Å². The van der Waals surface area contributed by atoms with Crippen molar-refractivity contribution in [2.45, 2.75) is 38.4 Å². The lowest BCUT2D eigenvalue weighted by molar-refractivity contribution is -0.384. The first-order chi connectivity index (χ1) is 13.9. The predicted molar refractivity (Wildman–Crippen MR) is 112 cm³/mol. The van der Waals surface area contributed by atoms with Gasteiger partial charge in [0.05, 0.1) is 10.5 Å². The summed E-state index contributed by atoms with van der Waals surface area (Å²) >= 11 is 1.57. The minimum Gasteiger partial charge on any atom is -0.360 e. The number of thioether (sulfide) groups is 1. The summed E-state index contributed by atoms with van der Waals surface area (Å²) in [6, 6.07) is 4.44. The molecule has 3 rings (SSSR count). The maximum atomic E-state index is 12.5. The van der Waals surface area contributed by atoms with E-state index in [2.05, 4.69) is 38.9 Å². The van der Waals surface area contributed by atoms with Crippen molar-refractivity contribution in [1.82, 2.24) is 25.1 Å². The molecule has 154 valence electrons. The first kappa shape index (κ1) is 20.8. The van der Waals surface area contributed by atoms with Crippen LogP contribution in [0.4, 0.5) is 5.69 Å². The van der Waals surface area contributed by atoms with Crippen LogP contribution in [-0.4, -0.2) is 43.4 Å². The van der Waals surface area contributed by atoms with Crippen molar-refractivity contribution in [1.29, 1.82) is 0 Å². The summed E-state index contributed by atoms with van der Waals surface area (Å²) in [5.74, 6) is 1.14. The number of amides is 1. The fourth-order valence-corrected chi connectivity index (χ4v) is 3.68. The lowest BCUT2D eigenvalue weighted by Gasteiger charge is -2.11. The number of carbonyl (C=O) groups is 1. The van der Waals surface area contributed by atoms with E-state index in [9.17, 15) is 14.9 Å². The van der Waals surface area contributed by atoms with E-state index in [0.29, 0.717) is 35.3 Å². The first-order valence-electron chi connectivity index (χ1n) is 9.40. The zero-order chi connectivity index (χ0) is 21.0. The quantitative estimate of drug-likeness (QED) is 0.239. The van der Waals surface area contributed by atoms with Crippen molar-refractivity contribution in [3.63, 3.8) is 0 Å². The Kier molecular flexibility index (Phi) is 6.53. The molecule has 0 aliphatic rings. The predicted octanol–water partition coefficient (Wildman–Crippen LogP) is 3.41. The highest BCUT2D eigenvalue weighted by Gasteiger charge is 2.16. The molecule has 2 heterocycles. The monoisotopic (exact) mass is 416 g/mol. The number of aromatic nitrogens is 4. The second-order valence-corrected chi connectivity index (χ2v) is 7.93. The minimum absolute atomic E-state index is 0.0414. The van der Waals surface area contributed by atoms with Gasteiger partial charge in [-0.05, 0) is 24.7 Å². The van der Waals surface area contributed by atoms with Crippen LogP contribution in [0.2, 0.25) is 0 Å². The molecular formula is C19H24N6O3S. The second kappa shape index (κ2) is 9.08. The summed E-state index contributed by atoms with van der Waals surface area (Å²) in [7, 11) is 0. The number of nitrogens with zero attached hydrogens (tertiary/aromatic N) is 4. The molecule has 0 bridgehead atoms. The Balaban J connectivity index is 1.61. The molecule has 2 N–H and O–H groups in total. The minimum atomic E-state index is -0.468. The maximum absolute atomic E-state index is 12.5. The zero-order valence-electron chi connectivity index (χ0n) is 16.6. The molecule has 29 heavy (non-hydrogen) atoms. The van der Waals surface area contributed by atoms with Crippen molar-refractivity contribution in [2.24, 2.45) is 5.92 Å². The Morgan fingerprint density at radius 3 is 2.86 bits per heavy atom. The Bertz CT molecular complexity index is 1030. The number of nitrogens with one attached hydrogen (secondary N) is 2. The number of nitro groups is 1. The summed E-state index contributed by atoms with van der Waals surface area (Å²) in [5.41, 5.74) is 1.05. The van der Waals surface area contributed by atoms with E-state index in [-0.39, 0.29) is 11.6 Å². The molecule has 0 saturated heterocycles. The van der Waals surface area contributed by atoms with Crippen molar-refractivity contribution in [2.75, 3.05) is 12.8 Å². The van der Waals surface area contributed by atoms with Crippen LogP contribution in [-0.2, 0) is 13.0 Å². The fraction of sp³-hybridized carbons (Fsp3) is 0.421. The van der Waals surface area contributed by atoms with Crippen LogP contribution in [0.1, 0.15) is 36.5 Å². The van der Waals surface area contributed by atoms with Gasteiger partial charge in [-0.25, -0.2) is 0 Å². The molecule has 9 nitrogen and oxygen atoms in total. The van der Waals surface area contributed by atoms with Gasteiger partial charge in [-0.15, -0.1) is 10.2 Å². The Hall–Kier alpha value is -2.88. The highest BCUT2D eigenvalue weighted by atomic mass is 32.2. The Morgan fingerprint density at radius 2 is 2.17 bits per heavy atom. The van der Waals surface area contributed by atoms with Gasteiger partial charge in [-0.1, -0.05) is 25.6 Å². The van der Waals surface area contributed by atoms with E-state index in [0.717, 1.165) is 23.9 Å². The SMILES string of the molecule is CSc1nnc(CCCNC(=O)c2c[nH]c3ccc([N+](=O)[O-])cc23)n1CC(C)C.